The first-order valence-electron chi connectivity index (χ1n) is 12.5. The zero-order chi connectivity index (χ0) is 25.1. The fourth-order valence-corrected chi connectivity index (χ4v) is 6.65. The number of aromatic nitrogens is 1. The highest BCUT2D eigenvalue weighted by molar-refractivity contribution is 7.90. The second-order valence-corrected chi connectivity index (χ2v) is 11.2. The van der Waals surface area contributed by atoms with E-state index in [1.165, 1.54) is 15.1 Å². The van der Waals surface area contributed by atoms with Crippen LogP contribution in [0.1, 0.15) is 53.9 Å². The molecular formula is C32H31NO2S. The lowest BCUT2D eigenvalue weighted by atomic mass is 9.75. The van der Waals surface area contributed by atoms with Gasteiger partial charge in [0.05, 0.1) is 10.4 Å². The minimum absolute atomic E-state index is 0.00733. The summed E-state index contributed by atoms with van der Waals surface area (Å²) in [6.45, 7) is 4.17. The van der Waals surface area contributed by atoms with Crippen molar-refractivity contribution in [2.45, 2.75) is 43.4 Å². The molecule has 1 aromatic heterocycles. The minimum Gasteiger partial charge on any atom is -0.241 e. The van der Waals surface area contributed by atoms with Crippen molar-refractivity contribution in [1.82, 2.24) is 3.97 Å². The summed E-state index contributed by atoms with van der Waals surface area (Å²) in [5.74, 6) is 0.216. The summed E-state index contributed by atoms with van der Waals surface area (Å²) < 4.78 is 29.2. The number of para-hydroxylation sites is 1. The van der Waals surface area contributed by atoms with Crippen LogP contribution in [0.2, 0.25) is 0 Å². The predicted molar refractivity (Wildman–Crippen MR) is 148 cm³/mol. The smallest absolute Gasteiger partial charge is 0.241 e. The maximum absolute atomic E-state index is 13.9. The van der Waals surface area contributed by atoms with Crippen LogP contribution in [-0.2, 0) is 10.0 Å². The number of hydrogen-bond acceptors (Lipinski definition) is 2. The number of hydrogen-bond donors (Lipinski definition) is 0. The van der Waals surface area contributed by atoms with Crippen molar-refractivity contribution in [2.75, 3.05) is 0 Å². The van der Waals surface area contributed by atoms with Gasteiger partial charge in [-0.25, -0.2) is 12.4 Å². The van der Waals surface area contributed by atoms with Crippen LogP contribution in [0.25, 0.3) is 10.9 Å². The molecule has 1 heterocycles. The first kappa shape index (κ1) is 24.1. The second kappa shape index (κ2) is 10.2. The molecule has 3 nitrogen and oxygen atoms in total. The molecule has 4 aromatic carbocycles. The summed E-state index contributed by atoms with van der Waals surface area (Å²) in [4.78, 5) is 0.296. The first-order valence-corrected chi connectivity index (χ1v) is 14.0. The summed E-state index contributed by atoms with van der Waals surface area (Å²) in [6, 6.07) is 36.0. The van der Waals surface area contributed by atoms with Gasteiger partial charge in [-0.15, -0.1) is 0 Å². The Labute approximate surface area is 214 Å². The van der Waals surface area contributed by atoms with Crippen molar-refractivity contribution < 1.29 is 8.42 Å². The minimum atomic E-state index is -3.76. The van der Waals surface area contributed by atoms with Gasteiger partial charge >= 0.3 is 0 Å². The third kappa shape index (κ3) is 4.49. The SMILES string of the molecule is CCC[C@H](c1ccccc1)[C@H](c1ccccc1)c1cn(S(=O)(=O)c2ccc(C)cc2)c2ccccc12. The quantitative estimate of drug-likeness (QED) is 0.220. The second-order valence-electron chi connectivity index (χ2n) is 9.41. The van der Waals surface area contributed by atoms with Crippen LogP contribution in [0.3, 0.4) is 0 Å². The maximum Gasteiger partial charge on any atom is 0.268 e. The van der Waals surface area contributed by atoms with Crippen LogP contribution < -0.4 is 0 Å². The zero-order valence-electron chi connectivity index (χ0n) is 20.7. The van der Waals surface area contributed by atoms with E-state index in [0.29, 0.717) is 10.4 Å². The van der Waals surface area contributed by atoms with Gasteiger partial charge in [0.25, 0.3) is 10.0 Å². The number of fused-ring (bicyclic) bond motifs is 1. The van der Waals surface area contributed by atoms with Gasteiger partial charge in [0, 0.05) is 17.5 Å². The molecule has 0 bridgehead atoms. The average molecular weight is 494 g/mol. The normalized spacial score (nSPS) is 13.5. The van der Waals surface area contributed by atoms with Crippen LogP contribution >= 0.6 is 0 Å². The number of rotatable bonds is 8. The molecular weight excluding hydrogens is 462 g/mol. The number of aryl methyl sites for hydroxylation is 1. The standard InChI is InChI=1S/C32H31NO2S/c1-3-12-28(25-13-6-4-7-14-25)32(26-15-8-5-9-16-26)30-23-33(31-18-11-10-17-29(30)31)36(34,35)27-21-19-24(2)20-22-27/h4-11,13-23,28,32H,3,12H2,1-2H3/t28-,32+/m1/s1. The van der Waals surface area contributed by atoms with E-state index < -0.39 is 10.0 Å². The topological polar surface area (TPSA) is 39.1 Å². The van der Waals surface area contributed by atoms with Crippen LogP contribution in [-0.4, -0.2) is 12.4 Å². The Morgan fingerprint density at radius 3 is 1.94 bits per heavy atom. The van der Waals surface area contributed by atoms with E-state index in [1.54, 1.807) is 12.1 Å². The molecule has 0 saturated heterocycles. The van der Waals surface area contributed by atoms with E-state index in [9.17, 15) is 8.42 Å². The average Bonchev–Trinajstić information content (AvgIpc) is 3.30. The van der Waals surface area contributed by atoms with Gasteiger partial charge in [-0.3, -0.25) is 0 Å². The van der Waals surface area contributed by atoms with Crippen molar-refractivity contribution in [3.63, 3.8) is 0 Å². The molecule has 5 aromatic rings. The number of benzene rings is 4. The van der Waals surface area contributed by atoms with E-state index in [4.69, 9.17) is 0 Å². The molecule has 0 amide bonds. The van der Waals surface area contributed by atoms with Crippen LogP contribution in [0, 0.1) is 6.92 Å². The van der Waals surface area contributed by atoms with Gasteiger partial charge in [-0.05, 0) is 54.2 Å². The summed E-state index contributed by atoms with van der Waals surface area (Å²) in [6.07, 6.45) is 3.89. The van der Waals surface area contributed by atoms with Crippen molar-refractivity contribution in [1.29, 1.82) is 0 Å². The summed E-state index contributed by atoms with van der Waals surface area (Å²) in [5.41, 5.74) is 5.23. The van der Waals surface area contributed by atoms with E-state index in [1.807, 2.05) is 55.6 Å². The first-order chi connectivity index (χ1) is 17.5. The molecule has 2 atom stereocenters. The van der Waals surface area contributed by atoms with Crippen LogP contribution in [0.4, 0.5) is 0 Å². The highest BCUT2D eigenvalue weighted by atomic mass is 32.2. The van der Waals surface area contributed by atoms with Crippen molar-refractivity contribution in [2.24, 2.45) is 0 Å². The third-order valence-electron chi connectivity index (χ3n) is 7.01. The molecule has 36 heavy (non-hydrogen) atoms. The fourth-order valence-electron chi connectivity index (χ4n) is 5.27. The molecule has 0 aliphatic heterocycles. The molecule has 0 fully saturated rings. The lowest BCUT2D eigenvalue weighted by Gasteiger charge is -2.28. The maximum atomic E-state index is 13.9. The highest BCUT2D eigenvalue weighted by Gasteiger charge is 2.31. The molecule has 182 valence electrons. The molecule has 5 rings (SSSR count). The largest absolute Gasteiger partial charge is 0.268 e. The van der Waals surface area contributed by atoms with Crippen LogP contribution in [0.15, 0.2) is 120 Å². The molecule has 0 N–H and O–H groups in total. The zero-order valence-corrected chi connectivity index (χ0v) is 21.5. The van der Waals surface area contributed by atoms with Crippen molar-refractivity contribution in [3.8, 4) is 0 Å². The third-order valence-corrected chi connectivity index (χ3v) is 8.70. The van der Waals surface area contributed by atoms with E-state index in [2.05, 4.69) is 61.5 Å². The van der Waals surface area contributed by atoms with Gasteiger partial charge in [0.1, 0.15) is 0 Å². The Morgan fingerprint density at radius 2 is 1.31 bits per heavy atom. The Morgan fingerprint density at radius 1 is 0.722 bits per heavy atom. The predicted octanol–water partition coefficient (Wildman–Crippen LogP) is 7.90. The van der Waals surface area contributed by atoms with E-state index in [0.717, 1.165) is 29.4 Å². The lowest BCUT2D eigenvalue weighted by Crippen LogP contribution is -2.14. The number of nitrogens with zero attached hydrogens (tertiary/aromatic N) is 1. The Hall–Kier alpha value is -3.63. The highest BCUT2D eigenvalue weighted by Crippen LogP contribution is 2.44. The molecule has 0 aliphatic carbocycles. The molecule has 4 heteroatoms. The van der Waals surface area contributed by atoms with Gasteiger partial charge < -0.3 is 0 Å². The molecule has 0 radical (unpaired) electrons. The summed E-state index contributed by atoms with van der Waals surface area (Å²) >= 11 is 0. The molecule has 0 aliphatic rings. The van der Waals surface area contributed by atoms with Crippen molar-refractivity contribution >= 4 is 20.9 Å². The lowest BCUT2D eigenvalue weighted by molar-refractivity contribution is 0.552. The Kier molecular flexibility index (Phi) is 6.80. The van der Waals surface area contributed by atoms with Gasteiger partial charge in [-0.1, -0.05) is 110 Å². The summed E-state index contributed by atoms with van der Waals surface area (Å²) in [5, 5.41) is 0.971. The molecule has 0 spiro atoms. The van der Waals surface area contributed by atoms with Crippen molar-refractivity contribution in [3.05, 3.63) is 138 Å². The summed E-state index contributed by atoms with van der Waals surface area (Å²) in [7, 11) is -3.76. The molecule has 0 unspecified atom stereocenters. The van der Waals surface area contributed by atoms with Crippen LogP contribution in [0.5, 0.6) is 0 Å². The van der Waals surface area contributed by atoms with Gasteiger partial charge in [-0.2, -0.15) is 0 Å². The monoisotopic (exact) mass is 493 g/mol. The molecule has 0 saturated carbocycles. The van der Waals surface area contributed by atoms with Gasteiger partial charge in [0.2, 0.25) is 0 Å². The van der Waals surface area contributed by atoms with Gasteiger partial charge in [0.15, 0.2) is 0 Å². The van der Waals surface area contributed by atoms with E-state index in [-0.39, 0.29) is 11.8 Å². The Balaban J connectivity index is 1.76. The van der Waals surface area contributed by atoms with E-state index >= 15 is 0 Å². The fraction of sp³-hybridized carbons (Fsp3) is 0.188. The Bertz CT molecular complexity index is 1550.